The molecule has 0 saturated heterocycles. The van der Waals surface area contributed by atoms with Crippen molar-refractivity contribution < 1.29 is 9.90 Å². The van der Waals surface area contributed by atoms with Crippen LogP contribution in [0.1, 0.15) is 42.5 Å². The summed E-state index contributed by atoms with van der Waals surface area (Å²) >= 11 is 6.21. The maximum Gasteiger partial charge on any atom is 0.264 e. The molecule has 8 heteroatoms. The number of hydrogen-bond donors (Lipinski definition) is 3. The number of aliphatic hydroxyl groups is 1. The summed E-state index contributed by atoms with van der Waals surface area (Å²) in [5.41, 5.74) is -0.108. The monoisotopic (exact) mass is 390 g/mol. The minimum atomic E-state index is -0.839. The molecule has 144 valence electrons. The molecule has 0 bridgehead atoms. The third kappa shape index (κ3) is 4.67. The number of H-pyrrole nitrogens is 1. The predicted molar refractivity (Wildman–Crippen MR) is 105 cm³/mol. The number of amides is 1. The third-order valence-electron chi connectivity index (χ3n) is 4.95. The number of nitrogens with one attached hydrogen (secondary N) is 2. The van der Waals surface area contributed by atoms with Crippen molar-refractivity contribution in [2.45, 2.75) is 37.7 Å². The molecule has 1 saturated carbocycles. The van der Waals surface area contributed by atoms with E-state index >= 15 is 0 Å². The molecule has 1 amide bonds. The molecule has 3 rings (SSSR count). The molecule has 1 aromatic carbocycles. The Hall–Kier alpha value is -2.38. The highest BCUT2D eigenvalue weighted by Gasteiger charge is 2.29. The summed E-state index contributed by atoms with van der Waals surface area (Å²) in [7, 11) is 1.77. The maximum atomic E-state index is 12.6. The van der Waals surface area contributed by atoms with Crippen molar-refractivity contribution in [3.05, 3.63) is 51.3 Å². The highest BCUT2D eigenvalue weighted by atomic mass is 35.5. The first-order chi connectivity index (χ1) is 12.9. The fraction of sp³-hybridized carbons (Fsp3) is 0.421. The van der Waals surface area contributed by atoms with Gasteiger partial charge in [-0.15, -0.1) is 0 Å². The summed E-state index contributed by atoms with van der Waals surface area (Å²) in [5, 5.41) is 20.1. The van der Waals surface area contributed by atoms with Crippen LogP contribution in [0.15, 0.2) is 35.1 Å². The van der Waals surface area contributed by atoms with Crippen LogP contribution in [-0.4, -0.2) is 40.4 Å². The second kappa shape index (κ2) is 8.10. The first kappa shape index (κ1) is 19.4. The molecule has 1 aliphatic rings. The Morgan fingerprint density at radius 2 is 2.04 bits per heavy atom. The molecule has 1 aliphatic carbocycles. The summed E-state index contributed by atoms with van der Waals surface area (Å²) in [6.45, 7) is 0.212. The molecule has 1 aromatic heterocycles. The van der Waals surface area contributed by atoms with E-state index in [1.165, 1.54) is 6.07 Å². The second-order valence-corrected chi connectivity index (χ2v) is 7.38. The zero-order valence-electron chi connectivity index (χ0n) is 15.2. The van der Waals surface area contributed by atoms with Crippen molar-refractivity contribution in [1.82, 2.24) is 15.5 Å². The first-order valence-electron chi connectivity index (χ1n) is 8.98. The molecule has 0 atom stereocenters. The molecule has 1 fully saturated rings. The summed E-state index contributed by atoms with van der Waals surface area (Å²) in [5.74, 6) is 0.198. The molecule has 0 spiro atoms. The van der Waals surface area contributed by atoms with Crippen molar-refractivity contribution in [2.24, 2.45) is 0 Å². The van der Waals surface area contributed by atoms with Gasteiger partial charge < -0.3 is 15.3 Å². The van der Waals surface area contributed by atoms with E-state index in [9.17, 15) is 14.7 Å². The molecule has 1 heterocycles. The number of halogens is 1. The third-order valence-corrected chi connectivity index (χ3v) is 5.28. The van der Waals surface area contributed by atoms with Crippen molar-refractivity contribution >= 4 is 29.0 Å². The number of anilines is 2. The van der Waals surface area contributed by atoms with E-state index in [2.05, 4.69) is 15.5 Å². The van der Waals surface area contributed by atoms with Gasteiger partial charge in [0.25, 0.3) is 11.5 Å². The van der Waals surface area contributed by atoms with E-state index < -0.39 is 5.60 Å². The molecule has 0 unspecified atom stereocenters. The van der Waals surface area contributed by atoms with E-state index in [1.807, 2.05) is 0 Å². The number of hydrogen-bond acceptors (Lipinski definition) is 5. The lowest BCUT2D eigenvalue weighted by molar-refractivity contribution is 0.00526. The highest BCUT2D eigenvalue weighted by Crippen LogP contribution is 2.28. The molecule has 3 N–H and O–H groups in total. The van der Waals surface area contributed by atoms with Gasteiger partial charge in [0.15, 0.2) is 5.82 Å². The number of carbonyl (C=O) groups is 1. The Kier molecular flexibility index (Phi) is 5.82. The van der Waals surface area contributed by atoms with Gasteiger partial charge in [-0.25, -0.2) is 5.10 Å². The van der Waals surface area contributed by atoms with E-state index in [0.29, 0.717) is 34.9 Å². The summed E-state index contributed by atoms with van der Waals surface area (Å²) in [4.78, 5) is 25.5. The standard InChI is InChI=1S/C19H23ClN4O3/c1-24(16-7-8-17(25)23-22-16)13-5-6-15(20)14(11-13)18(26)21-12-19(27)9-3-2-4-10-19/h5-8,11,27H,2-4,9-10,12H2,1H3,(H,21,26)(H,23,25). The number of rotatable bonds is 5. The van der Waals surface area contributed by atoms with Crippen molar-refractivity contribution in [3.8, 4) is 0 Å². The van der Waals surface area contributed by atoms with Gasteiger partial charge in [-0.3, -0.25) is 9.59 Å². The minimum Gasteiger partial charge on any atom is -0.388 e. The molecular weight excluding hydrogens is 368 g/mol. The van der Waals surface area contributed by atoms with Crippen LogP contribution in [0.25, 0.3) is 0 Å². The number of aromatic amines is 1. The molecule has 0 aliphatic heterocycles. The van der Waals surface area contributed by atoms with Gasteiger partial charge >= 0.3 is 0 Å². The average molecular weight is 391 g/mol. The van der Waals surface area contributed by atoms with Gasteiger partial charge in [0.2, 0.25) is 0 Å². The fourth-order valence-corrected chi connectivity index (χ4v) is 3.48. The van der Waals surface area contributed by atoms with E-state index in [1.54, 1.807) is 36.2 Å². The lowest BCUT2D eigenvalue weighted by atomic mass is 9.85. The van der Waals surface area contributed by atoms with Crippen LogP contribution in [0, 0.1) is 0 Å². The van der Waals surface area contributed by atoms with E-state index in [0.717, 1.165) is 19.3 Å². The van der Waals surface area contributed by atoms with Crippen LogP contribution < -0.4 is 15.8 Å². The van der Waals surface area contributed by atoms with Crippen LogP contribution >= 0.6 is 11.6 Å². The van der Waals surface area contributed by atoms with Crippen molar-refractivity contribution in [2.75, 3.05) is 18.5 Å². The normalized spacial score (nSPS) is 16.0. The van der Waals surface area contributed by atoms with Crippen LogP contribution in [0.5, 0.6) is 0 Å². The minimum absolute atomic E-state index is 0.212. The second-order valence-electron chi connectivity index (χ2n) is 6.97. The Morgan fingerprint density at radius 3 is 2.70 bits per heavy atom. The van der Waals surface area contributed by atoms with Gasteiger partial charge in [0.1, 0.15) is 0 Å². The number of benzene rings is 1. The van der Waals surface area contributed by atoms with Gasteiger partial charge in [-0.05, 0) is 37.1 Å². The highest BCUT2D eigenvalue weighted by molar-refractivity contribution is 6.34. The lowest BCUT2D eigenvalue weighted by Gasteiger charge is -2.32. The maximum absolute atomic E-state index is 12.6. The zero-order valence-corrected chi connectivity index (χ0v) is 15.9. The molecule has 7 nitrogen and oxygen atoms in total. The predicted octanol–water partition coefficient (Wildman–Crippen LogP) is 2.62. The Morgan fingerprint density at radius 1 is 1.30 bits per heavy atom. The Balaban J connectivity index is 1.75. The summed E-state index contributed by atoms with van der Waals surface area (Å²) in [6.07, 6.45) is 4.46. The Bertz CT molecular complexity index is 857. The summed E-state index contributed by atoms with van der Waals surface area (Å²) < 4.78 is 0. The van der Waals surface area contributed by atoms with Crippen LogP contribution in [0.3, 0.4) is 0 Å². The SMILES string of the molecule is CN(c1ccc(Cl)c(C(=O)NCC2(O)CCCCC2)c1)c1ccc(=O)[nH]n1. The quantitative estimate of drug-likeness (QED) is 0.729. The number of carbonyl (C=O) groups excluding carboxylic acids is 1. The molecule has 2 aromatic rings. The number of aromatic nitrogens is 2. The van der Waals surface area contributed by atoms with E-state index in [4.69, 9.17) is 11.6 Å². The van der Waals surface area contributed by atoms with Gasteiger partial charge in [0.05, 0.1) is 16.2 Å². The van der Waals surface area contributed by atoms with Gasteiger partial charge in [0, 0.05) is 25.3 Å². The lowest BCUT2D eigenvalue weighted by Crippen LogP contribution is -2.44. The fourth-order valence-electron chi connectivity index (χ4n) is 3.28. The Labute approximate surface area is 162 Å². The number of nitrogens with zero attached hydrogens (tertiary/aromatic N) is 2. The first-order valence-corrected chi connectivity index (χ1v) is 9.35. The van der Waals surface area contributed by atoms with Crippen LogP contribution in [0.4, 0.5) is 11.5 Å². The van der Waals surface area contributed by atoms with Crippen LogP contribution in [-0.2, 0) is 0 Å². The van der Waals surface area contributed by atoms with Crippen molar-refractivity contribution in [3.63, 3.8) is 0 Å². The average Bonchev–Trinajstić information content (AvgIpc) is 2.67. The van der Waals surface area contributed by atoms with Gasteiger partial charge in [-0.1, -0.05) is 30.9 Å². The van der Waals surface area contributed by atoms with E-state index in [-0.39, 0.29) is 18.0 Å². The van der Waals surface area contributed by atoms with Crippen molar-refractivity contribution in [1.29, 1.82) is 0 Å². The van der Waals surface area contributed by atoms with Gasteiger partial charge in [-0.2, -0.15) is 5.10 Å². The smallest absolute Gasteiger partial charge is 0.264 e. The largest absolute Gasteiger partial charge is 0.388 e. The molecular formula is C19H23ClN4O3. The molecule has 27 heavy (non-hydrogen) atoms. The zero-order chi connectivity index (χ0) is 19.4. The topological polar surface area (TPSA) is 98.3 Å². The summed E-state index contributed by atoms with van der Waals surface area (Å²) in [6, 6.07) is 8.04. The van der Waals surface area contributed by atoms with Crippen LogP contribution in [0.2, 0.25) is 5.02 Å². The molecule has 0 radical (unpaired) electrons.